The van der Waals surface area contributed by atoms with Crippen molar-refractivity contribution in [2.24, 2.45) is 0 Å². The van der Waals surface area contributed by atoms with Crippen LogP contribution in [0.3, 0.4) is 0 Å². The summed E-state index contributed by atoms with van der Waals surface area (Å²) in [6.45, 7) is 2.28. The van der Waals surface area contributed by atoms with E-state index in [1.165, 1.54) is 11.1 Å². The molecule has 2 rings (SSSR count). The van der Waals surface area contributed by atoms with E-state index < -0.39 is 8.07 Å². The van der Waals surface area contributed by atoms with Gasteiger partial charge in [-0.25, -0.2) is 0 Å². The second kappa shape index (κ2) is 6.62. The second-order valence-electron chi connectivity index (χ2n) is 5.37. The van der Waals surface area contributed by atoms with Crippen molar-refractivity contribution in [1.29, 1.82) is 0 Å². The molecule has 1 atom stereocenters. The van der Waals surface area contributed by atoms with Gasteiger partial charge in [0.25, 0.3) is 0 Å². The molecule has 0 radical (unpaired) electrons. The molecule has 0 nitrogen and oxygen atoms in total. The van der Waals surface area contributed by atoms with E-state index >= 15 is 0 Å². The summed E-state index contributed by atoms with van der Waals surface area (Å²) in [6, 6.07) is 21.1. The quantitative estimate of drug-likeness (QED) is 0.409. The van der Waals surface area contributed by atoms with Crippen LogP contribution in [0.1, 0.15) is 11.1 Å². The summed E-state index contributed by atoms with van der Waals surface area (Å²) in [7, 11) is 1.13. The van der Waals surface area contributed by atoms with Crippen LogP contribution in [-0.4, -0.2) is 19.1 Å². The number of hydrogen-bond acceptors (Lipinski definition) is 0. The van der Waals surface area contributed by atoms with Crippen LogP contribution < -0.4 is 0 Å². The molecule has 0 N–H and O–H groups in total. The summed E-state index contributed by atoms with van der Waals surface area (Å²) in [5, 5.41) is 0. The zero-order valence-electron chi connectivity index (χ0n) is 11.5. The SMILES string of the molecule is C[Si](CCl)(CCl)C(P)(c1ccccc1)c1ccccc1. The van der Waals surface area contributed by atoms with Crippen molar-refractivity contribution in [2.75, 3.05) is 11.0 Å². The highest BCUT2D eigenvalue weighted by molar-refractivity contribution is 7.28. The van der Waals surface area contributed by atoms with Crippen LogP contribution in [0.25, 0.3) is 0 Å². The van der Waals surface area contributed by atoms with E-state index in [4.69, 9.17) is 23.2 Å². The summed E-state index contributed by atoms with van der Waals surface area (Å²) in [6.07, 6.45) is 0. The van der Waals surface area contributed by atoms with Gasteiger partial charge >= 0.3 is 0 Å². The van der Waals surface area contributed by atoms with Crippen molar-refractivity contribution in [3.05, 3.63) is 71.8 Å². The number of hydrogen-bond donors (Lipinski definition) is 0. The highest BCUT2D eigenvalue weighted by Crippen LogP contribution is 2.47. The maximum absolute atomic E-state index is 6.36. The zero-order valence-corrected chi connectivity index (χ0v) is 15.2. The van der Waals surface area contributed by atoms with E-state index in [1.54, 1.807) is 0 Å². The third-order valence-electron chi connectivity index (χ3n) is 4.00. The third kappa shape index (κ3) is 2.70. The predicted octanol–water partition coefficient (Wildman–Crippen LogP) is 4.98. The second-order valence-corrected chi connectivity index (χ2v) is 12.9. The lowest BCUT2D eigenvalue weighted by Gasteiger charge is -2.44. The minimum atomic E-state index is -1.94. The van der Waals surface area contributed by atoms with Crippen molar-refractivity contribution >= 4 is 40.5 Å². The molecule has 0 aliphatic carbocycles. The molecule has 0 aliphatic rings. The Hall–Kier alpha value is -0.333. The average molecular weight is 341 g/mol. The van der Waals surface area contributed by atoms with E-state index in [0.29, 0.717) is 11.0 Å². The monoisotopic (exact) mass is 340 g/mol. The molecule has 0 fully saturated rings. The molecule has 0 spiro atoms. The Morgan fingerprint density at radius 1 is 0.850 bits per heavy atom. The summed E-state index contributed by atoms with van der Waals surface area (Å²) in [5.74, 6) is 0. The molecule has 2 aromatic rings. The van der Waals surface area contributed by atoms with Crippen LogP contribution in [0.4, 0.5) is 0 Å². The van der Waals surface area contributed by atoms with Crippen molar-refractivity contribution in [2.45, 2.75) is 11.3 Å². The molecule has 0 bridgehead atoms. The maximum Gasteiger partial charge on any atom is 0.103 e. The van der Waals surface area contributed by atoms with Crippen molar-refractivity contribution < 1.29 is 0 Å². The van der Waals surface area contributed by atoms with Crippen LogP contribution in [0.5, 0.6) is 0 Å². The average Bonchev–Trinajstić information content (AvgIpc) is 2.54. The first kappa shape index (κ1) is 16.0. The molecule has 0 heterocycles. The lowest BCUT2D eigenvalue weighted by atomic mass is 10.0. The minimum Gasteiger partial charge on any atom is -0.130 e. The summed E-state index contributed by atoms with van der Waals surface area (Å²) < 4.78 is -0.168. The molecule has 0 amide bonds. The summed E-state index contributed by atoms with van der Waals surface area (Å²) >= 11 is 12.7. The van der Waals surface area contributed by atoms with E-state index in [0.717, 1.165) is 0 Å². The van der Waals surface area contributed by atoms with Gasteiger partial charge in [0.15, 0.2) is 0 Å². The van der Waals surface area contributed by atoms with Crippen LogP contribution in [0.15, 0.2) is 60.7 Å². The highest BCUT2D eigenvalue weighted by atomic mass is 35.5. The first-order chi connectivity index (χ1) is 9.58. The third-order valence-corrected chi connectivity index (χ3v) is 14.0. The zero-order chi connectivity index (χ0) is 14.6. The van der Waals surface area contributed by atoms with Gasteiger partial charge < -0.3 is 0 Å². The number of rotatable bonds is 5. The maximum atomic E-state index is 6.36. The molecule has 20 heavy (non-hydrogen) atoms. The lowest BCUT2D eigenvalue weighted by Crippen LogP contribution is -2.55. The molecule has 106 valence electrons. The Morgan fingerprint density at radius 2 is 1.20 bits per heavy atom. The fourth-order valence-electron chi connectivity index (χ4n) is 2.51. The van der Waals surface area contributed by atoms with Crippen LogP contribution in [-0.2, 0) is 4.78 Å². The lowest BCUT2D eigenvalue weighted by molar-refractivity contribution is 0.987. The van der Waals surface area contributed by atoms with Gasteiger partial charge in [0, 0.05) is 15.8 Å². The summed E-state index contributed by atoms with van der Waals surface area (Å²) in [4.78, 5) is 0. The topological polar surface area (TPSA) is 0 Å². The number of benzene rings is 2. The first-order valence-corrected chi connectivity index (χ1v) is 11.2. The van der Waals surface area contributed by atoms with Gasteiger partial charge in [-0.3, -0.25) is 0 Å². The molecule has 4 heteroatoms. The molecule has 2 aromatic carbocycles. The van der Waals surface area contributed by atoms with E-state index in [9.17, 15) is 0 Å². The van der Waals surface area contributed by atoms with Crippen molar-refractivity contribution in [1.82, 2.24) is 0 Å². The highest BCUT2D eigenvalue weighted by Gasteiger charge is 2.48. The van der Waals surface area contributed by atoms with Crippen LogP contribution in [0, 0.1) is 0 Å². The van der Waals surface area contributed by atoms with Crippen molar-refractivity contribution in [3.63, 3.8) is 0 Å². The van der Waals surface area contributed by atoms with Gasteiger partial charge in [-0.15, -0.1) is 32.4 Å². The van der Waals surface area contributed by atoms with Crippen LogP contribution >= 0.6 is 32.4 Å². The molecule has 0 saturated heterocycles. The minimum absolute atomic E-state index is 0.168. The molecule has 0 aromatic heterocycles. The number of alkyl halides is 2. The Kier molecular flexibility index (Phi) is 5.31. The van der Waals surface area contributed by atoms with Gasteiger partial charge in [-0.05, 0) is 11.1 Å². The Bertz CT molecular complexity index is 501. The van der Waals surface area contributed by atoms with E-state index in [2.05, 4.69) is 64.3 Å². The van der Waals surface area contributed by atoms with Crippen LogP contribution in [0.2, 0.25) is 6.55 Å². The standard InChI is InChI=1S/C16H19Cl2PSi/c1-20(12-17,13-18)16(19,14-8-4-2-5-9-14)15-10-6-3-7-11-15/h2-11H,12-13,19H2,1H3. The van der Waals surface area contributed by atoms with E-state index in [1.807, 2.05) is 12.1 Å². The largest absolute Gasteiger partial charge is 0.130 e. The Labute approximate surface area is 134 Å². The normalized spacial score (nSPS) is 12.4. The molecular weight excluding hydrogens is 322 g/mol. The molecule has 0 aliphatic heterocycles. The Balaban J connectivity index is 2.67. The Morgan fingerprint density at radius 3 is 1.50 bits per heavy atom. The fraction of sp³-hybridized carbons (Fsp3) is 0.250. The summed E-state index contributed by atoms with van der Waals surface area (Å²) in [5.41, 5.74) is 3.80. The van der Waals surface area contributed by atoms with Gasteiger partial charge in [-0.2, -0.15) is 0 Å². The predicted molar refractivity (Wildman–Crippen MR) is 96.4 cm³/mol. The van der Waals surface area contributed by atoms with Gasteiger partial charge in [0.2, 0.25) is 0 Å². The van der Waals surface area contributed by atoms with Gasteiger partial charge in [0.05, 0.1) is 0 Å². The first-order valence-electron chi connectivity index (χ1n) is 6.60. The van der Waals surface area contributed by atoms with E-state index in [-0.39, 0.29) is 4.78 Å². The molecule has 1 unspecified atom stereocenters. The fourth-order valence-corrected chi connectivity index (χ4v) is 8.63. The van der Waals surface area contributed by atoms with Gasteiger partial charge in [-0.1, -0.05) is 67.2 Å². The van der Waals surface area contributed by atoms with Gasteiger partial charge in [0.1, 0.15) is 8.07 Å². The smallest absolute Gasteiger partial charge is 0.103 e. The molecular formula is C16H19Cl2PSi. The molecule has 0 saturated carbocycles. The number of halogens is 2. The van der Waals surface area contributed by atoms with Crippen molar-refractivity contribution in [3.8, 4) is 0 Å².